The Morgan fingerprint density at radius 1 is 0.950 bits per heavy atom. The summed E-state index contributed by atoms with van der Waals surface area (Å²) < 4.78 is 0. The minimum Gasteiger partial charge on any atom is -0.395 e. The molecule has 0 heterocycles. The first-order chi connectivity index (χ1) is 9.76. The van der Waals surface area contributed by atoms with E-state index < -0.39 is 0 Å². The zero-order valence-electron chi connectivity index (χ0n) is 11.2. The third-order valence-corrected chi connectivity index (χ3v) is 3.45. The lowest BCUT2D eigenvalue weighted by atomic mass is 10.1. The van der Waals surface area contributed by atoms with Gasteiger partial charge in [-0.15, -0.1) is 0 Å². The fourth-order valence-electron chi connectivity index (χ4n) is 2.24. The van der Waals surface area contributed by atoms with Gasteiger partial charge in [0.2, 0.25) is 0 Å². The second-order valence-corrected chi connectivity index (χ2v) is 4.94. The van der Waals surface area contributed by atoms with Crippen molar-refractivity contribution in [2.45, 2.75) is 13.2 Å². The van der Waals surface area contributed by atoms with Gasteiger partial charge in [0.05, 0.1) is 23.9 Å². The highest BCUT2D eigenvalue weighted by Gasteiger charge is 2.14. The number of rotatable bonds is 6. The zero-order chi connectivity index (χ0) is 14.4. The summed E-state index contributed by atoms with van der Waals surface area (Å²) in [7, 11) is 0. The van der Waals surface area contributed by atoms with E-state index in [1.807, 2.05) is 47.4 Å². The van der Waals surface area contributed by atoms with Crippen LogP contribution in [0, 0.1) is 0 Å². The SMILES string of the molecule is OCCN(Cc1ccccc1)c1c(Cl)cccc1CO. The van der Waals surface area contributed by atoms with E-state index in [0.29, 0.717) is 18.1 Å². The van der Waals surface area contributed by atoms with Crippen molar-refractivity contribution in [1.29, 1.82) is 0 Å². The van der Waals surface area contributed by atoms with E-state index in [2.05, 4.69) is 0 Å². The Hall–Kier alpha value is -1.55. The molecule has 0 radical (unpaired) electrons. The summed E-state index contributed by atoms with van der Waals surface area (Å²) >= 11 is 6.27. The quantitative estimate of drug-likeness (QED) is 0.860. The van der Waals surface area contributed by atoms with Crippen molar-refractivity contribution in [2.24, 2.45) is 0 Å². The molecule has 0 aliphatic heterocycles. The van der Waals surface area contributed by atoms with Crippen LogP contribution >= 0.6 is 11.6 Å². The van der Waals surface area contributed by atoms with Crippen molar-refractivity contribution in [3.63, 3.8) is 0 Å². The van der Waals surface area contributed by atoms with Crippen LogP contribution < -0.4 is 4.90 Å². The summed E-state index contributed by atoms with van der Waals surface area (Å²) in [6.07, 6.45) is 0. The van der Waals surface area contributed by atoms with Crippen molar-refractivity contribution in [1.82, 2.24) is 0 Å². The highest BCUT2D eigenvalue weighted by molar-refractivity contribution is 6.33. The number of nitrogens with zero attached hydrogens (tertiary/aromatic N) is 1. The van der Waals surface area contributed by atoms with E-state index in [1.54, 1.807) is 6.07 Å². The molecular formula is C16H18ClNO2. The molecule has 0 saturated heterocycles. The zero-order valence-corrected chi connectivity index (χ0v) is 11.9. The Labute approximate surface area is 124 Å². The molecular weight excluding hydrogens is 274 g/mol. The maximum Gasteiger partial charge on any atom is 0.0702 e. The van der Waals surface area contributed by atoms with Crippen molar-refractivity contribution in [2.75, 3.05) is 18.1 Å². The largest absolute Gasteiger partial charge is 0.395 e. The molecule has 4 heteroatoms. The van der Waals surface area contributed by atoms with Gasteiger partial charge in [0.25, 0.3) is 0 Å². The molecule has 0 fully saturated rings. The van der Waals surface area contributed by atoms with Crippen LogP contribution in [0.2, 0.25) is 5.02 Å². The summed E-state index contributed by atoms with van der Waals surface area (Å²) in [6, 6.07) is 15.4. The molecule has 0 bridgehead atoms. The lowest BCUT2D eigenvalue weighted by molar-refractivity contribution is 0.280. The first kappa shape index (κ1) is 14.9. The Bertz CT molecular complexity index is 545. The van der Waals surface area contributed by atoms with E-state index in [0.717, 1.165) is 16.8 Å². The van der Waals surface area contributed by atoms with Gasteiger partial charge < -0.3 is 15.1 Å². The fraction of sp³-hybridized carbons (Fsp3) is 0.250. The highest BCUT2D eigenvalue weighted by atomic mass is 35.5. The number of benzene rings is 2. The summed E-state index contributed by atoms with van der Waals surface area (Å²) in [5, 5.41) is 19.3. The summed E-state index contributed by atoms with van der Waals surface area (Å²) in [4.78, 5) is 1.99. The summed E-state index contributed by atoms with van der Waals surface area (Å²) in [5.41, 5.74) is 2.68. The summed E-state index contributed by atoms with van der Waals surface area (Å²) in [6.45, 7) is 1.05. The number of hydrogen-bond acceptors (Lipinski definition) is 3. The van der Waals surface area contributed by atoms with Crippen LogP contribution in [0.5, 0.6) is 0 Å². The third-order valence-electron chi connectivity index (χ3n) is 3.14. The molecule has 2 N–H and O–H groups in total. The molecule has 2 aromatic carbocycles. The van der Waals surface area contributed by atoms with Gasteiger partial charge in [0.1, 0.15) is 0 Å². The lowest BCUT2D eigenvalue weighted by Gasteiger charge is -2.27. The average molecular weight is 292 g/mol. The maximum absolute atomic E-state index is 9.48. The molecule has 2 aromatic rings. The molecule has 0 aromatic heterocycles. The second-order valence-electron chi connectivity index (χ2n) is 4.54. The third kappa shape index (κ3) is 3.51. The van der Waals surface area contributed by atoms with Crippen LogP contribution in [0.15, 0.2) is 48.5 Å². The Balaban J connectivity index is 2.33. The first-order valence-electron chi connectivity index (χ1n) is 6.54. The molecule has 0 unspecified atom stereocenters. The van der Waals surface area contributed by atoms with Gasteiger partial charge in [-0.3, -0.25) is 0 Å². The lowest BCUT2D eigenvalue weighted by Crippen LogP contribution is -2.27. The molecule has 0 saturated carbocycles. The first-order valence-corrected chi connectivity index (χ1v) is 6.92. The molecule has 0 aliphatic carbocycles. The molecule has 3 nitrogen and oxygen atoms in total. The molecule has 106 valence electrons. The molecule has 0 amide bonds. The standard InChI is InChI=1S/C16H18ClNO2/c17-15-8-4-7-14(12-20)16(15)18(9-10-19)11-13-5-2-1-3-6-13/h1-8,19-20H,9-12H2. The molecule has 0 spiro atoms. The van der Waals surface area contributed by atoms with Crippen molar-refractivity contribution >= 4 is 17.3 Å². The highest BCUT2D eigenvalue weighted by Crippen LogP contribution is 2.31. The van der Waals surface area contributed by atoms with Gasteiger partial charge in [-0.2, -0.15) is 0 Å². The van der Waals surface area contributed by atoms with Crippen LogP contribution in [0.3, 0.4) is 0 Å². The predicted octanol–water partition coefficient (Wildman–Crippen LogP) is 2.83. The topological polar surface area (TPSA) is 43.7 Å². The van der Waals surface area contributed by atoms with E-state index in [9.17, 15) is 10.2 Å². The monoisotopic (exact) mass is 291 g/mol. The molecule has 2 rings (SSSR count). The minimum atomic E-state index is -0.0768. The number of anilines is 1. The van der Waals surface area contributed by atoms with Gasteiger partial charge in [0, 0.05) is 18.7 Å². The molecule has 0 atom stereocenters. The maximum atomic E-state index is 9.48. The summed E-state index contributed by atoms with van der Waals surface area (Å²) in [5.74, 6) is 0. The van der Waals surface area contributed by atoms with Crippen LogP contribution in [0.25, 0.3) is 0 Å². The number of aliphatic hydroxyl groups is 2. The Kier molecular flexibility index (Phi) is 5.41. The van der Waals surface area contributed by atoms with Gasteiger partial charge in [-0.25, -0.2) is 0 Å². The minimum absolute atomic E-state index is 0.0307. The van der Waals surface area contributed by atoms with E-state index in [4.69, 9.17) is 11.6 Å². The van der Waals surface area contributed by atoms with Crippen molar-refractivity contribution in [3.05, 3.63) is 64.7 Å². The normalized spacial score (nSPS) is 10.6. The van der Waals surface area contributed by atoms with Crippen LogP contribution in [0.4, 0.5) is 5.69 Å². The van der Waals surface area contributed by atoms with Gasteiger partial charge in [0.15, 0.2) is 0 Å². The van der Waals surface area contributed by atoms with Gasteiger partial charge in [-0.05, 0) is 11.6 Å². The predicted molar refractivity (Wildman–Crippen MR) is 82.0 cm³/mol. The van der Waals surface area contributed by atoms with E-state index in [-0.39, 0.29) is 13.2 Å². The van der Waals surface area contributed by atoms with Gasteiger partial charge >= 0.3 is 0 Å². The number of halogens is 1. The Morgan fingerprint density at radius 3 is 2.35 bits per heavy atom. The van der Waals surface area contributed by atoms with E-state index >= 15 is 0 Å². The van der Waals surface area contributed by atoms with E-state index in [1.165, 1.54) is 0 Å². The van der Waals surface area contributed by atoms with Crippen molar-refractivity contribution < 1.29 is 10.2 Å². The van der Waals surface area contributed by atoms with Crippen LogP contribution in [-0.2, 0) is 13.2 Å². The molecule has 20 heavy (non-hydrogen) atoms. The number of aliphatic hydroxyl groups excluding tert-OH is 2. The fourth-order valence-corrected chi connectivity index (χ4v) is 2.55. The molecule has 0 aliphatic rings. The Morgan fingerprint density at radius 2 is 1.70 bits per heavy atom. The smallest absolute Gasteiger partial charge is 0.0702 e. The number of hydrogen-bond donors (Lipinski definition) is 2. The van der Waals surface area contributed by atoms with Crippen LogP contribution in [-0.4, -0.2) is 23.4 Å². The van der Waals surface area contributed by atoms with Crippen molar-refractivity contribution in [3.8, 4) is 0 Å². The average Bonchev–Trinajstić information content (AvgIpc) is 2.47. The number of para-hydroxylation sites is 1. The second kappa shape index (κ2) is 7.29. The van der Waals surface area contributed by atoms with Gasteiger partial charge in [-0.1, -0.05) is 54.1 Å². The van der Waals surface area contributed by atoms with Crippen LogP contribution in [0.1, 0.15) is 11.1 Å².